The van der Waals surface area contributed by atoms with Crippen LogP contribution in [0.5, 0.6) is 0 Å². The van der Waals surface area contributed by atoms with E-state index < -0.39 is 6.04 Å². The van der Waals surface area contributed by atoms with Crippen molar-refractivity contribution in [2.45, 2.75) is 19.0 Å². The summed E-state index contributed by atoms with van der Waals surface area (Å²) in [5.74, 6) is -0.0864. The summed E-state index contributed by atoms with van der Waals surface area (Å²) in [6, 6.07) is 14.1. The third-order valence-electron chi connectivity index (χ3n) is 4.56. The number of nitrogens with one attached hydrogen (secondary N) is 1. The lowest BCUT2D eigenvalue weighted by atomic mass is 10.0. The lowest BCUT2D eigenvalue weighted by molar-refractivity contribution is -0.137. The summed E-state index contributed by atoms with van der Waals surface area (Å²) in [5.41, 5.74) is 1.19. The normalized spacial score (nSPS) is 18.4. The van der Waals surface area contributed by atoms with Crippen LogP contribution >= 0.6 is 0 Å². The predicted molar refractivity (Wildman–Crippen MR) is 94.5 cm³/mol. The Morgan fingerprint density at radius 2 is 1.96 bits per heavy atom. The van der Waals surface area contributed by atoms with E-state index in [0.29, 0.717) is 13.1 Å². The summed E-state index contributed by atoms with van der Waals surface area (Å²) >= 11 is 0. The summed E-state index contributed by atoms with van der Waals surface area (Å²) < 4.78 is 0. The topological polar surface area (TPSA) is 52.7 Å². The summed E-state index contributed by atoms with van der Waals surface area (Å²) in [7, 11) is 3.44. The molecule has 0 aliphatic carbocycles. The van der Waals surface area contributed by atoms with Crippen molar-refractivity contribution in [2.24, 2.45) is 0 Å². The van der Waals surface area contributed by atoms with Gasteiger partial charge in [0.05, 0.1) is 12.5 Å². The molecule has 126 valence electrons. The van der Waals surface area contributed by atoms with Crippen molar-refractivity contribution in [1.82, 2.24) is 15.1 Å². The maximum atomic E-state index is 12.3. The van der Waals surface area contributed by atoms with Crippen LogP contribution in [0.3, 0.4) is 0 Å². The number of nitrogens with zero attached hydrogens (tertiary/aromatic N) is 2. The molecule has 0 aromatic heterocycles. The fraction of sp³-hybridized carbons (Fsp3) is 0.368. The zero-order valence-corrected chi connectivity index (χ0v) is 14.2. The van der Waals surface area contributed by atoms with Crippen LogP contribution in [-0.4, -0.2) is 54.8 Å². The molecular formula is C19H23N3O2. The minimum Gasteiger partial charge on any atom is -0.353 e. The van der Waals surface area contributed by atoms with Gasteiger partial charge in [0.1, 0.15) is 0 Å². The number of carbonyl (C=O) groups is 2. The van der Waals surface area contributed by atoms with Crippen LogP contribution < -0.4 is 5.32 Å². The summed E-state index contributed by atoms with van der Waals surface area (Å²) in [6.45, 7) is 2.04. The molecule has 1 heterocycles. The van der Waals surface area contributed by atoms with Crippen LogP contribution in [0, 0.1) is 0 Å². The quantitative estimate of drug-likeness (QED) is 0.929. The number of hydrogen-bond acceptors (Lipinski definition) is 3. The zero-order valence-electron chi connectivity index (χ0n) is 14.2. The molecule has 1 aliphatic heterocycles. The number of carbonyl (C=O) groups excluding carboxylic acids is 2. The number of benzene rings is 2. The van der Waals surface area contributed by atoms with Crippen LogP contribution in [0.1, 0.15) is 12.0 Å². The standard InChI is InChI=1S/C19H23N3O2/c1-21(2)18(23)12-17-19(24)20-10-11-22(17)13-15-8-5-7-14-6-3-4-9-16(14)15/h3-9,17H,10-13H2,1-2H3,(H,20,24)/t17-/m1/s1. The second-order valence-electron chi connectivity index (χ2n) is 6.41. The number of piperazine rings is 1. The van der Waals surface area contributed by atoms with Crippen LogP contribution in [0.25, 0.3) is 10.8 Å². The van der Waals surface area contributed by atoms with E-state index in [2.05, 4.69) is 34.5 Å². The highest BCUT2D eigenvalue weighted by molar-refractivity contribution is 5.89. The molecule has 0 radical (unpaired) electrons. The molecule has 5 nitrogen and oxygen atoms in total. The lowest BCUT2D eigenvalue weighted by Crippen LogP contribution is -2.56. The van der Waals surface area contributed by atoms with Crippen molar-refractivity contribution in [2.75, 3.05) is 27.2 Å². The monoisotopic (exact) mass is 325 g/mol. The molecule has 24 heavy (non-hydrogen) atoms. The summed E-state index contributed by atoms with van der Waals surface area (Å²) in [6.07, 6.45) is 0.212. The van der Waals surface area contributed by atoms with Crippen LogP contribution in [0.15, 0.2) is 42.5 Å². The van der Waals surface area contributed by atoms with E-state index in [1.54, 1.807) is 14.1 Å². The van der Waals surface area contributed by atoms with Gasteiger partial charge in [-0.2, -0.15) is 0 Å². The number of amides is 2. The minimum atomic E-state index is -0.410. The molecule has 1 saturated heterocycles. The van der Waals surface area contributed by atoms with Crippen LogP contribution in [-0.2, 0) is 16.1 Å². The van der Waals surface area contributed by atoms with E-state index in [1.807, 2.05) is 18.2 Å². The number of fused-ring (bicyclic) bond motifs is 1. The molecule has 2 aromatic rings. The molecule has 1 N–H and O–H groups in total. The van der Waals surface area contributed by atoms with Crippen molar-refractivity contribution in [1.29, 1.82) is 0 Å². The average molecular weight is 325 g/mol. The molecule has 1 aliphatic rings. The highest BCUT2D eigenvalue weighted by atomic mass is 16.2. The Morgan fingerprint density at radius 3 is 2.75 bits per heavy atom. The average Bonchev–Trinajstić information content (AvgIpc) is 2.58. The van der Waals surface area contributed by atoms with E-state index in [4.69, 9.17) is 0 Å². The summed E-state index contributed by atoms with van der Waals surface area (Å²) in [4.78, 5) is 28.0. The third kappa shape index (κ3) is 3.41. The molecule has 1 atom stereocenters. The second kappa shape index (κ2) is 7.01. The van der Waals surface area contributed by atoms with Gasteiger partial charge in [-0.25, -0.2) is 0 Å². The fourth-order valence-electron chi connectivity index (χ4n) is 3.17. The van der Waals surface area contributed by atoms with Crippen molar-refractivity contribution >= 4 is 22.6 Å². The van der Waals surface area contributed by atoms with E-state index in [1.165, 1.54) is 21.2 Å². The molecule has 1 fully saturated rings. The lowest BCUT2D eigenvalue weighted by Gasteiger charge is -2.35. The molecular weight excluding hydrogens is 302 g/mol. The molecule has 0 unspecified atom stereocenters. The number of hydrogen-bond donors (Lipinski definition) is 1. The maximum absolute atomic E-state index is 12.3. The molecule has 2 amide bonds. The zero-order chi connectivity index (χ0) is 17.1. The highest BCUT2D eigenvalue weighted by Gasteiger charge is 2.32. The van der Waals surface area contributed by atoms with Crippen molar-refractivity contribution in [3.8, 4) is 0 Å². The molecule has 0 bridgehead atoms. The van der Waals surface area contributed by atoms with E-state index in [0.717, 1.165) is 6.54 Å². The molecule has 5 heteroatoms. The van der Waals surface area contributed by atoms with Gasteiger partial charge in [0.15, 0.2) is 0 Å². The minimum absolute atomic E-state index is 0.0278. The van der Waals surface area contributed by atoms with Gasteiger partial charge in [-0.05, 0) is 16.3 Å². The first kappa shape index (κ1) is 16.5. The van der Waals surface area contributed by atoms with E-state index in [9.17, 15) is 9.59 Å². The fourth-order valence-corrected chi connectivity index (χ4v) is 3.17. The maximum Gasteiger partial charge on any atom is 0.237 e. The molecule has 2 aromatic carbocycles. The van der Waals surface area contributed by atoms with Crippen molar-refractivity contribution in [3.05, 3.63) is 48.0 Å². The Kier molecular flexibility index (Phi) is 4.81. The molecule has 0 saturated carbocycles. The Morgan fingerprint density at radius 1 is 1.21 bits per heavy atom. The van der Waals surface area contributed by atoms with Gasteiger partial charge in [-0.1, -0.05) is 42.5 Å². The largest absolute Gasteiger partial charge is 0.353 e. The van der Waals surface area contributed by atoms with Gasteiger partial charge in [-0.3, -0.25) is 14.5 Å². The summed E-state index contributed by atoms with van der Waals surface area (Å²) in [5, 5.41) is 5.27. The third-order valence-corrected chi connectivity index (χ3v) is 4.56. The van der Waals surface area contributed by atoms with Crippen molar-refractivity contribution < 1.29 is 9.59 Å². The van der Waals surface area contributed by atoms with Gasteiger partial charge in [0.2, 0.25) is 11.8 Å². The van der Waals surface area contributed by atoms with E-state index >= 15 is 0 Å². The van der Waals surface area contributed by atoms with Crippen LogP contribution in [0.4, 0.5) is 0 Å². The first-order valence-corrected chi connectivity index (χ1v) is 8.25. The Bertz CT molecular complexity index is 752. The van der Waals surface area contributed by atoms with Gasteiger partial charge >= 0.3 is 0 Å². The van der Waals surface area contributed by atoms with Gasteiger partial charge in [-0.15, -0.1) is 0 Å². The highest BCUT2D eigenvalue weighted by Crippen LogP contribution is 2.22. The van der Waals surface area contributed by atoms with Gasteiger partial charge in [0, 0.05) is 33.7 Å². The Balaban J connectivity index is 1.85. The smallest absolute Gasteiger partial charge is 0.237 e. The number of rotatable bonds is 4. The molecule has 0 spiro atoms. The Hall–Kier alpha value is -2.40. The van der Waals surface area contributed by atoms with E-state index in [-0.39, 0.29) is 18.2 Å². The van der Waals surface area contributed by atoms with Gasteiger partial charge < -0.3 is 10.2 Å². The second-order valence-corrected chi connectivity index (χ2v) is 6.41. The van der Waals surface area contributed by atoms with Gasteiger partial charge in [0.25, 0.3) is 0 Å². The first-order chi connectivity index (χ1) is 11.6. The SMILES string of the molecule is CN(C)C(=O)C[C@@H]1C(=O)NCCN1Cc1cccc2ccccc12. The molecule has 3 rings (SSSR count). The Labute approximate surface area is 142 Å². The van der Waals surface area contributed by atoms with Crippen LogP contribution in [0.2, 0.25) is 0 Å². The van der Waals surface area contributed by atoms with Crippen molar-refractivity contribution in [3.63, 3.8) is 0 Å². The predicted octanol–water partition coefficient (Wildman–Crippen LogP) is 1.62. The first-order valence-electron chi connectivity index (χ1n) is 8.25.